The van der Waals surface area contributed by atoms with E-state index in [4.69, 9.17) is 22.2 Å². The summed E-state index contributed by atoms with van der Waals surface area (Å²) in [7, 11) is 1.28. The average molecular weight is 1040 g/mol. The Labute approximate surface area is 433 Å². The molecular formula is C52H65ClN10O11. The van der Waals surface area contributed by atoms with Gasteiger partial charge >= 0.3 is 0 Å². The summed E-state index contributed by atoms with van der Waals surface area (Å²) in [6, 6.07) is 20.2. The van der Waals surface area contributed by atoms with Crippen LogP contribution in [0.1, 0.15) is 69.2 Å². The van der Waals surface area contributed by atoms with E-state index in [1.54, 1.807) is 29.2 Å². The fourth-order valence-corrected chi connectivity index (χ4v) is 8.22. The number of phenols is 1. The summed E-state index contributed by atoms with van der Waals surface area (Å²) in [5.74, 6) is -6.56. The number of rotatable bonds is 26. The third-order valence-electron chi connectivity index (χ3n) is 12.0. The molecule has 0 aliphatic carbocycles. The first-order chi connectivity index (χ1) is 35.3. The number of hydroxylamine groups is 1. The molecule has 0 aromatic heterocycles. The predicted octanol–water partition coefficient (Wildman–Crippen LogP) is 1.40. The molecule has 74 heavy (non-hydrogen) atoms. The van der Waals surface area contributed by atoms with Gasteiger partial charge in [0.25, 0.3) is 0 Å². The molecule has 21 nitrogen and oxygen atoms in total. The lowest BCUT2D eigenvalue weighted by Gasteiger charge is -2.30. The number of amides is 9. The van der Waals surface area contributed by atoms with Gasteiger partial charge in [0.1, 0.15) is 29.9 Å². The molecular weight excluding hydrogens is 976 g/mol. The Balaban J connectivity index is 1.23. The first kappa shape index (κ1) is 57.3. The summed E-state index contributed by atoms with van der Waals surface area (Å²) in [6.07, 6.45) is 0.301. The zero-order chi connectivity index (χ0) is 53.9. The number of nitrogens with two attached hydrogens (primary N) is 1. The van der Waals surface area contributed by atoms with E-state index >= 15 is 0 Å². The minimum atomic E-state index is -1.61. The minimum Gasteiger partial charge on any atom is -0.508 e. The number of primary amides is 1. The average Bonchev–Trinajstić information content (AvgIpc) is 3.91. The molecule has 1 fully saturated rings. The normalized spacial score (nSPS) is 14.2. The first-order valence-electron chi connectivity index (χ1n) is 24.2. The zero-order valence-corrected chi connectivity index (χ0v) is 42.5. The van der Waals surface area contributed by atoms with Gasteiger partial charge in [-0.05, 0) is 76.9 Å². The Hall–Kier alpha value is -7.62. The van der Waals surface area contributed by atoms with Gasteiger partial charge in [0.05, 0.1) is 26.1 Å². The van der Waals surface area contributed by atoms with Gasteiger partial charge in [-0.15, -0.1) is 0 Å². The van der Waals surface area contributed by atoms with Gasteiger partial charge in [-0.25, -0.2) is 0 Å². The number of carbonyl (C=O) groups is 9. The number of likely N-dealkylation sites (N-methyl/N-ethyl adjacent to an activating group) is 1. The highest BCUT2D eigenvalue weighted by Crippen LogP contribution is 2.20. The van der Waals surface area contributed by atoms with Gasteiger partial charge in [-0.3, -0.25) is 48.0 Å². The molecule has 22 heteroatoms. The van der Waals surface area contributed by atoms with Gasteiger partial charge in [0.15, 0.2) is 6.23 Å². The predicted molar refractivity (Wildman–Crippen MR) is 274 cm³/mol. The number of phenolic OH excluding ortho intramolecular Hbond substituents is 1. The number of nitrogens with one attached hydrogen (secondary N) is 7. The van der Waals surface area contributed by atoms with Crippen molar-refractivity contribution in [1.29, 1.82) is 0 Å². The van der Waals surface area contributed by atoms with Crippen LogP contribution in [-0.4, -0.2) is 132 Å². The standard InChI is InChI=1S/C52H65ClN10O11/c1-31(2)23-40(49(70)57-30-47(69)63-21-7-8-22-63)59-50(71)41(27-43(54)66)60-51(72)42(25-33-12-19-39(65)20-13-33)62(4)46(68)29-55-44(67)28-56-52(73)48(36-15-17-38(53)18-16-36)61-74-45(58-32(3)64)26-34-11-14-35-9-5-6-10-37(35)24-34/h5-6,9-20,24,31,40-42,45,48,61,65H,7-8,21-23,25-30H2,1-4H3,(H2,54,66)(H,55,67)(H,56,73)(H,57,70)(H,58,64)(H,59,71)(H,60,72)/t40-,41+,42-,45-,48?/m0/s1. The highest BCUT2D eigenvalue weighted by Gasteiger charge is 2.34. The van der Waals surface area contributed by atoms with E-state index in [1.165, 1.54) is 38.2 Å². The first-order valence-corrected chi connectivity index (χ1v) is 24.6. The lowest BCUT2D eigenvalue weighted by atomic mass is 10.0. The van der Waals surface area contributed by atoms with Crippen LogP contribution < -0.4 is 43.1 Å². The number of halogens is 1. The third kappa shape index (κ3) is 18.1. The molecule has 1 unspecified atom stereocenters. The van der Waals surface area contributed by atoms with Gasteiger partial charge < -0.3 is 52.5 Å². The lowest BCUT2D eigenvalue weighted by Crippen LogP contribution is -2.59. The van der Waals surface area contributed by atoms with Crippen LogP contribution in [-0.2, 0) is 60.8 Å². The van der Waals surface area contributed by atoms with E-state index in [1.807, 2.05) is 56.3 Å². The van der Waals surface area contributed by atoms with E-state index in [0.717, 1.165) is 34.1 Å². The maximum atomic E-state index is 14.2. The summed E-state index contributed by atoms with van der Waals surface area (Å²) in [5.41, 5.74) is 9.95. The molecule has 0 bridgehead atoms. The molecule has 1 heterocycles. The second kappa shape index (κ2) is 28.0. The largest absolute Gasteiger partial charge is 0.508 e. The van der Waals surface area contributed by atoms with Crippen molar-refractivity contribution in [3.8, 4) is 5.75 Å². The van der Waals surface area contributed by atoms with E-state index in [0.29, 0.717) is 29.2 Å². The molecule has 396 valence electrons. The summed E-state index contributed by atoms with van der Waals surface area (Å²) in [5, 5.41) is 27.7. The molecule has 10 N–H and O–H groups in total. The number of hydrogen-bond acceptors (Lipinski definition) is 12. The Morgan fingerprint density at radius 2 is 1.35 bits per heavy atom. The van der Waals surface area contributed by atoms with Crippen LogP contribution in [0.3, 0.4) is 0 Å². The van der Waals surface area contributed by atoms with Gasteiger partial charge in [0.2, 0.25) is 53.2 Å². The van der Waals surface area contributed by atoms with Crippen molar-refractivity contribution in [2.24, 2.45) is 11.7 Å². The number of fused-ring (bicyclic) bond motifs is 1. The van der Waals surface area contributed by atoms with Crippen molar-refractivity contribution in [3.63, 3.8) is 0 Å². The SMILES string of the molecule is CC(=O)N[C@H](Cc1ccc2ccccc2c1)ONC(C(=O)NCC(=O)NCC(=O)N(C)[C@@H](Cc1ccc(O)cc1)C(=O)N[C@H](CC(N)=O)C(=O)N[C@@H](CC(C)C)C(=O)NCC(=O)N1CCCC1)c1ccc(Cl)cc1. The molecule has 0 spiro atoms. The lowest BCUT2D eigenvalue weighted by molar-refractivity contribution is -0.141. The van der Waals surface area contributed by atoms with Crippen molar-refractivity contribution in [2.75, 3.05) is 39.8 Å². The molecule has 4 aromatic carbocycles. The quantitative estimate of drug-likeness (QED) is 0.0319. The number of benzene rings is 4. The van der Waals surface area contributed by atoms with Crippen LogP contribution in [0.5, 0.6) is 5.75 Å². The number of likely N-dealkylation sites (tertiary alicyclic amines) is 1. The Morgan fingerprint density at radius 3 is 2.00 bits per heavy atom. The van der Waals surface area contributed by atoms with Crippen molar-refractivity contribution < 1.29 is 53.1 Å². The van der Waals surface area contributed by atoms with Crippen molar-refractivity contribution in [1.82, 2.24) is 47.2 Å². The Kier molecular flexibility index (Phi) is 21.7. The fourth-order valence-electron chi connectivity index (χ4n) is 8.09. The van der Waals surface area contributed by atoms with Crippen molar-refractivity contribution >= 4 is 75.5 Å². The maximum Gasteiger partial charge on any atom is 0.244 e. The van der Waals surface area contributed by atoms with E-state index in [-0.39, 0.29) is 49.3 Å². The van der Waals surface area contributed by atoms with Crippen molar-refractivity contribution in [3.05, 3.63) is 113 Å². The fraction of sp³-hybridized carbons (Fsp3) is 0.404. The van der Waals surface area contributed by atoms with E-state index in [2.05, 4.69) is 37.4 Å². The van der Waals surface area contributed by atoms with Gasteiger partial charge in [0, 0.05) is 44.9 Å². The highest BCUT2D eigenvalue weighted by molar-refractivity contribution is 6.30. The second-order valence-electron chi connectivity index (χ2n) is 18.4. The molecule has 1 aliphatic rings. The minimum absolute atomic E-state index is 0.0680. The van der Waals surface area contributed by atoms with E-state index in [9.17, 15) is 48.3 Å². The summed E-state index contributed by atoms with van der Waals surface area (Å²) >= 11 is 6.13. The Bertz CT molecular complexity index is 2630. The highest BCUT2D eigenvalue weighted by atomic mass is 35.5. The monoisotopic (exact) mass is 1040 g/mol. The maximum absolute atomic E-state index is 14.2. The molecule has 1 aliphatic heterocycles. The van der Waals surface area contributed by atoms with E-state index < -0.39 is 91.3 Å². The topological polar surface area (TPSA) is 300 Å². The van der Waals surface area contributed by atoms with Gasteiger partial charge in [-0.1, -0.05) is 92.2 Å². The molecule has 0 radical (unpaired) electrons. The summed E-state index contributed by atoms with van der Waals surface area (Å²) < 4.78 is 0. The van der Waals surface area contributed by atoms with Crippen LogP contribution in [0.25, 0.3) is 10.8 Å². The second-order valence-corrected chi connectivity index (χ2v) is 18.8. The summed E-state index contributed by atoms with van der Waals surface area (Å²) in [6.45, 7) is 4.58. The van der Waals surface area contributed by atoms with Crippen LogP contribution in [0, 0.1) is 5.92 Å². The number of nitrogens with zero attached hydrogens (tertiary/aromatic N) is 2. The van der Waals surface area contributed by atoms with Crippen molar-refractivity contribution in [2.45, 2.75) is 89.7 Å². The van der Waals surface area contributed by atoms with Crippen LogP contribution >= 0.6 is 11.6 Å². The molecule has 1 saturated heterocycles. The number of hydrogen-bond donors (Lipinski definition) is 9. The number of carbonyl (C=O) groups excluding carboxylic acids is 9. The van der Waals surface area contributed by atoms with Crippen LogP contribution in [0.15, 0.2) is 91.0 Å². The number of aromatic hydroxyl groups is 1. The molecule has 5 rings (SSSR count). The zero-order valence-electron chi connectivity index (χ0n) is 41.8. The van der Waals surface area contributed by atoms with Crippen LogP contribution in [0.2, 0.25) is 5.02 Å². The smallest absolute Gasteiger partial charge is 0.244 e. The Morgan fingerprint density at radius 1 is 0.716 bits per heavy atom. The van der Waals surface area contributed by atoms with Crippen LogP contribution in [0.4, 0.5) is 0 Å². The third-order valence-corrected chi connectivity index (χ3v) is 12.3. The van der Waals surface area contributed by atoms with Gasteiger partial charge in [-0.2, -0.15) is 5.48 Å². The molecule has 0 saturated carbocycles. The molecule has 9 amide bonds. The molecule has 4 aromatic rings. The molecule has 5 atom stereocenters. The summed E-state index contributed by atoms with van der Waals surface area (Å²) in [4.78, 5) is 128.